The minimum atomic E-state index is -0.744. The number of ether oxygens (including phenoxy) is 1. The Hall–Kier alpha value is -2.34. The smallest absolute Gasteiger partial charge is 0.279 e. The SMILES string of the molecule is CCC[C@H](C(=O)NNC(=O)[C@@H](C)Oc1cccc(Br)c1)c1ccccc1. The number of carbonyl (C=O) groups is 2. The molecule has 2 aromatic rings. The number of rotatable bonds is 7. The molecule has 26 heavy (non-hydrogen) atoms. The Kier molecular flexibility index (Phi) is 7.66. The fourth-order valence-corrected chi connectivity index (χ4v) is 2.91. The van der Waals surface area contributed by atoms with E-state index in [0.29, 0.717) is 12.2 Å². The third-order valence-corrected chi connectivity index (χ3v) is 4.38. The molecule has 2 amide bonds. The van der Waals surface area contributed by atoms with Crippen molar-refractivity contribution in [2.45, 2.75) is 38.7 Å². The van der Waals surface area contributed by atoms with Gasteiger partial charge in [0.25, 0.3) is 5.91 Å². The van der Waals surface area contributed by atoms with Gasteiger partial charge >= 0.3 is 0 Å². The van der Waals surface area contributed by atoms with E-state index in [1.807, 2.05) is 49.4 Å². The van der Waals surface area contributed by atoms with E-state index >= 15 is 0 Å². The standard InChI is InChI=1S/C20H23BrN2O3/c1-3-8-18(15-9-5-4-6-10-15)20(25)23-22-19(24)14(2)26-17-12-7-11-16(21)13-17/h4-7,9-14,18H,3,8H2,1-2H3,(H,22,24)(H,23,25)/t14-,18+/m1/s1. The molecule has 0 bridgehead atoms. The van der Waals surface area contributed by atoms with E-state index in [-0.39, 0.29) is 11.8 Å². The number of hydrogen-bond acceptors (Lipinski definition) is 3. The van der Waals surface area contributed by atoms with Crippen LogP contribution in [0.1, 0.15) is 38.2 Å². The van der Waals surface area contributed by atoms with Crippen LogP contribution in [0.15, 0.2) is 59.1 Å². The number of hydrazine groups is 1. The molecule has 6 heteroatoms. The normalized spacial score (nSPS) is 12.7. The first kappa shape index (κ1) is 20.0. The average Bonchev–Trinajstić information content (AvgIpc) is 2.64. The van der Waals surface area contributed by atoms with Crippen molar-refractivity contribution in [1.82, 2.24) is 10.9 Å². The summed E-state index contributed by atoms with van der Waals surface area (Å²) >= 11 is 3.35. The van der Waals surface area contributed by atoms with Gasteiger partial charge in [-0.1, -0.05) is 65.7 Å². The van der Waals surface area contributed by atoms with Gasteiger partial charge in [-0.25, -0.2) is 0 Å². The molecule has 0 aliphatic rings. The van der Waals surface area contributed by atoms with Gasteiger partial charge in [-0.15, -0.1) is 0 Å². The first-order chi connectivity index (χ1) is 12.5. The Morgan fingerprint density at radius 2 is 1.73 bits per heavy atom. The highest BCUT2D eigenvalue weighted by atomic mass is 79.9. The van der Waals surface area contributed by atoms with Crippen LogP contribution in [-0.2, 0) is 9.59 Å². The maximum Gasteiger partial charge on any atom is 0.279 e. The van der Waals surface area contributed by atoms with Crippen LogP contribution in [0.2, 0.25) is 0 Å². The van der Waals surface area contributed by atoms with Crippen molar-refractivity contribution < 1.29 is 14.3 Å². The predicted molar refractivity (Wildman–Crippen MR) is 105 cm³/mol. The van der Waals surface area contributed by atoms with Crippen LogP contribution in [-0.4, -0.2) is 17.9 Å². The highest BCUT2D eigenvalue weighted by Gasteiger charge is 2.21. The highest BCUT2D eigenvalue weighted by molar-refractivity contribution is 9.10. The van der Waals surface area contributed by atoms with E-state index < -0.39 is 12.0 Å². The first-order valence-corrected chi connectivity index (χ1v) is 9.37. The third-order valence-electron chi connectivity index (χ3n) is 3.88. The summed E-state index contributed by atoms with van der Waals surface area (Å²) in [4.78, 5) is 24.7. The van der Waals surface area contributed by atoms with Crippen LogP contribution in [0, 0.1) is 0 Å². The summed E-state index contributed by atoms with van der Waals surface area (Å²) in [6, 6.07) is 16.8. The fraction of sp³-hybridized carbons (Fsp3) is 0.300. The minimum absolute atomic E-state index is 0.235. The lowest BCUT2D eigenvalue weighted by Gasteiger charge is -2.19. The van der Waals surface area contributed by atoms with Gasteiger partial charge in [0.05, 0.1) is 5.92 Å². The number of carbonyl (C=O) groups excluding carboxylic acids is 2. The number of nitrogens with one attached hydrogen (secondary N) is 2. The van der Waals surface area contributed by atoms with Crippen molar-refractivity contribution in [3.8, 4) is 5.75 Å². The van der Waals surface area contributed by atoms with Crippen LogP contribution >= 0.6 is 15.9 Å². The van der Waals surface area contributed by atoms with Crippen molar-refractivity contribution in [2.24, 2.45) is 0 Å². The van der Waals surface area contributed by atoms with Gasteiger partial charge in [-0.3, -0.25) is 20.4 Å². The molecule has 2 rings (SSSR count). The zero-order chi connectivity index (χ0) is 18.9. The van der Waals surface area contributed by atoms with E-state index in [9.17, 15) is 9.59 Å². The predicted octanol–water partition coefficient (Wildman–Crippen LogP) is 3.95. The molecule has 2 atom stereocenters. The zero-order valence-electron chi connectivity index (χ0n) is 14.9. The molecule has 0 radical (unpaired) electrons. The molecular formula is C20H23BrN2O3. The topological polar surface area (TPSA) is 67.4 Å². The summed E-state index contributed by atoms with van der Waals surface area (Å²) in [7, 11) is 0. The van der Waals surface area contributed by atoms with E-state index in [0.717, 1.165) is 16.5 Å². The summed E-state index contributed by atoms with van der Waals surface area (Å²) in [6.45, 7) is 3.65. The molecule has 0 heterocycles. The highest BCUT2D eigenvalue weighted by Crippen LogP contribution is 2.21. The van der Waals surface area contributed by atoms with E-state index in [2.05, 4.69) is 26.8 Å². The lowest BCUT2D eigenvalue weighted by Crippen LogP contribution is -2.48. The third kappa shape index (κ3) is 5.88. The van der Waals surface area contributed by atoms with Gasteiger partial charge in [0.15, 0.2) is 6.10 Å². The molecule has 0 aromatic heterocycles. The summed E-state index contributed by atoms with van der Waals surface area (Å²) < 4.78 is 6.45. The van der Waals surface area contributed by atoms with Crippen molar-refractivity contribution in [3.63, 3.8) is 0 Å². The number of benzene rings is 2. The first-order valence-electron chi connectivity index (χ1n) is 8.58. The fourth-order valence-electron chi connectivity index (χ4n) is 2.53. The molecule has 0 saturated heterocycles. The Balaban J connectivity index is 1.91. The van der Waals surface area contributed by atoms with Crippen LogP contribution < -0.4 is 15.6 Å². The van der Waals surface area contributed by atoms with Crippen LogP contribution in [0.3, 0.4) is 0 Å². The molecule has 0 saturated carbocycles. The number of hydrogen-bond donors (Lipinski definition) is 2. The van der Waals surface area contributed by atoms with Crippen LogP contribution in [0.5, 0.6) is 5.75 Å². The Morgan fingerprint density at radius 3 is 2.38 bits per heavy atom. The largest absolute Gasteiger partial charge is 0.481 e. The quantitative estimate of drug-likeness (QED) is 0.668. The summed E-state index contributed by atoms with van der Waals surface area (Å²) in [5.41, 5.74) is 5.90. The van der Waals surface area contributed by atoms with Gasteiger partial charge in [0, 0.05) is 4.47 Å². The van der Waals surface area contributed by atoms with Crippen molar-refractivity contribution >= 4 is 27.7 Å². The summed E-state index contributed by atoms with van der Waals surface area (Å²) in [5.74, 6) is -0.382. The number of amides is 2. The molecule has 2 aromatic carbocycles. The lowest BCUT2D eigenvalue weighted by atomic mass is 9.94. The van der Waals surface area contributed by atoms with Gasteiger partial charge in [0.1, 0.15) is 5.75 Å². The van der Waals surface area contributed by atoms with Gasteiger partial charge in [-0.2, -0.15) is 0 Å². The van der Waals surface area contributed by atoms with E-state index in [1.165, 1.54) is 0 Å². The number of halogens is 1. The summed E-state index contributed by atoms with van der Waals surface area (Å²) in [6.07, 6.45) is 0.824. The minimum Gasteiger partial charge on any atom is -0.481 e. The molecule has 0 unspecified atom stereocenters. The van der Waals surface area contributed by atoms with E-state index in [4.69, 9.17) is 4.74 Å². The van der Waals surface area contributed by atoms with Gasteiger partial charge in [0.2, 0.25) is 5.91 Å². The lowest BCUT2D eigenvalue weighted by molar-refractivity contribution is -0.133. The van der Waals surface area contributed by atoms with E-state index in [1.54, 1.807) is 19.1 Å². The maximum absolute atomic E-state index is 12.5. The molecule has 138 valence electrons. The monoisotopic (exact) mass is 418 g/mol. The molecule has 2 N–H and O–H groups in total. The van der Waals surface area contributed by atoms with Crippen LogP contribution in [0.25, 0.3) is 0 Å². The summed E-state index contributed by atoms with van der Waals surface area (Å²) in [5, 5.41) is 0. The Bertz CT molecular complexity index is 737. The van der Waals surface area contributed by atoms with Crippen molar-refractivity contribution in [3.05, 3.63) is 64.6 Å². The molecule has 0 aliphatic heterocycles. The second-order valence-corrected chi connectivity index (χ2v) is 6.86. The second kappa shape index (κ2) is 9.97. The Morgan fingerprint density at radius 1 is 1.04 bits per heavy atom. The molecule has 5 nitrogen and oxygen atoms in total. The second-order valence-electron chi connectivity index (χ2n) is 5.95. The Labute approximate surface area is 162 Å². The average molecular weight is 419 g/mol. The van der Waals surface area contributed by atoms with Crippen molar-refractivity contribution in [1.29, 1.82) is 0 Å². The van der Waals surface area contributed by atoms with Crippen molar-refractivity contribution in [2.75, 3.05) is 0 Å². The maximum atomic E-state index is 12.5. The molecule has 0 aliphatic carbocycles. The molecular weight excluding hydrogens is 396 g/mol. The van der Waals surface area contributed by atoms with Gasteiger partial charge in [-0.05, 0) is 37.1 Å². The molecule has 0 fully saturated rings. The zero-order valence-corrected chi connectivity index (χ0v) is 16.5. The van der Waals surface area contributed by atoms with Gasteiger partial charge < -0.3 is 4.74 Å². The van der Waals surface area contributed by atoms with Crippen LogP contribution in [0.4, 0.5) is 0 Å². The molecule has 0 spiro atoms.